The lowest BCUT2D eigenvalue weighted by atomic mass is 9.99. The molecule has 130 valence electrons. The van der Waals surface area contributed by atoms with Crippen molar-refractivity contribution in [3.05, 3.63) is 90.1 Å². The Hall–Kier alpha value is -2.97. The van der Waals surface area contributed by atoms with Gasteiger partial charge < -0.3 is 0 Å². The molecular weight excluding hydrogens is 346 g/mol. The molecule has 0 saturated carbocycles. The van der Waals surface area contributed by atoms with E-state index in [2.05, 4.69) is 86.6 Å². The summed E-state index contributed by atoms with van der Waals surface area (Å²) in [5.41, 5.74) is 7.28. The second kappa shape index (κ2) is 6.33. The number of benzene rings is 3. The molecule has 3 aromatic carbocycles. The molecule has 0 amide bonds. The number of nitrogens with zero attached hydrogens (tertiary/aromatic N) is 1. The van der Waals surface area contributed by atoms with Crippen LogP contribution in [-0.4, -0.2) is 4.98 Å². The molecule has 1 nitrogen and oxygen atoms in total. The second-order valence-corrected chi connectivity index (χ2v) is 8.14. The highest BCUT2D eigenvalue weighted by Gasteiger charge is 2.11. The average Bonchev–Trinajstić information content (AvgIpc) is 3.06. The maximum atomic E-state index is 4.71. The first-order chi connectivity index (χ1) is 13.2. The number of pyridine rings is 1. The number of aromatic nitrogens is 1. The highest BCUT2D eigenvalue weighted by molar-refractivity contribution is 7.26. The Morgan fingerprint density at radius 1 is 0.704 bits per heavy atom. The van der Waals surface area contributed by atoms with Crippen LogP contribution in [0.25, 0.3) is 42.6 Å². The first-order valence-corrected chi connectivity index (χ1v) is 9.96. The van der Waals surface area contributed by atoms with Crippen LogP contribution in [0.3, 0.4) is 0 Å². The van der Waals surface area contributed by atoms with Crippen LogP contribution in [0.15, 0.2) is 79.0 Å². The van der Waals surface area contributed by atoms with E-state index in [1.807, 2.05) is 17.5 Å². The van der Waals surface area contributed by atoms with E-state index in [0.717, 1.165) is 5.69 Å². The van der Waals surface area contributed by atoms with Crippen molar-refractivity contribution in [2.45, 2.75) is 13.8 Å². The molecule has 0 bridgehead atoms. The summed E-state index contributed by atoms with van der Waals surface area (Å²) in [5.74, 6) is 0. The van der Waals surface area contributed by atoms with Crippen molar-refractivity contribution in [2.24, 2.45) is 0 Å². The van der Waals surface area contributed by atoms with Gasteiger partial charge in [-0.15, -0.1) is 11.3 Å². The largest absolute Gasteiger partial charge is 0.256 e. The minimum Gasteiger partial charge on any atom is -0.256 e. The van der Waals surface area contributed by atoms with Gasteiger partial charge in [-0.05, 0) is 43.2 Å². The molecule has 5 rings (SSSR count). The standard InChI is InChI=1S/C25H19NS/c1-16-12-17(2)14-19(13-16)18-10-11-26-23(15-18)22-8-5-7-21-20-6-3-4-9-24(20)27-25(21)22/h3-15H,1-2H3. The summed E-state index contributed by atoms with van der Waals surface area (Å²) in [7, 11) is 0. The number of aryl methyl sites for hydroxylation is 2. The summed E-state index contributed by atoms with van der Waals surface area (Å²) in [4.78, 5) is 4.71. The summed E-state index contributed by atoms with van der Waals surface area (Å²) in [5, 5.41) is 2.64. The molecule has 2 aromatic heterocycles. The molecule has 0 unspecified atom stereocenters. The SMILES string of the molecule is Cc1cc(C)cc(-c2ccnc(-c3cccc4c3sc3ccccc34)c2)c1. The molecule has 0 N–H and O–H groups in total. The Morgan fingerprint density at radius 2 is 1.48 bits per heavy atom. The van der Waals surface area contributed by atoms with Gasteiger partial charge in [0.05, 0.1) is 5.69 Å². The van der Waals surface area contributed by atoms with Gasteiger partial charge in [0.15, 0.2) is 0 Å². The molecule has 0 aliphatic heterocycles. The van der Waals surface area contributed by atoms with Crippen LogP contribution in [0.2, 0.25) is 0 Å². The molecule has 2 heteroatoms. The number of thiophene rings is 1. The number of hydrogen-bond donors (Lipinski definition) is 0. The van der Waals surface area contributed by atoms with Crippen molar-refractivity contribution in [3.8, 4) is 22.4 Å². The average molecular weight is 366 g/mol. The molecule has 0 fully saturated rings. The molecule has 0 radical (unpaired) electrons. The molecule has 0 spiro atoms. The smallest absolute Gasteiger partial charge is 0.0722 e. The summed E-state index contributed by atoms with van der Waals surface area (Å²) in [6.45, 7) is 4.30. The van der Waals surface area contributed by atoms with Crippen molar-refractivity contribution >= 4 is 31.5 Å². The highest BCUT2D eigenvalue weighted by Crippen LogP contribution is 2.39. The van der Waals surface area contributed by atoms with Gasteiger partial charge in [0.25, 0.3) is 0 Å². The van der Waals surface area contributed by atoms with E-state index in [1.54, 1.807) is 0 Å². The Balaban J connectivity index is 1.71. The van der Waals surface area contributed by atoms with Crippen LogP contribution in [0.5, 0.6) is 0 Å². The molecule has 0 saturated heterocycles. The molecule has 0 atom stereocenters. The minimum absolute atomic E-state index is 1.03. The van der Waals surface area contributed by atoms with Gasteiger partial charge in [0.1, 0.15) is 0 Å². The zero-order valence-electron chi connectivity index (χ0n) is 15.4. The molecular formula is C25H19NS. The van der Waals surface area contributed by atoms with Crippen LogP contribution in [0, 0.1) is 13.8 Å². The number of fused-ring (bicyclic) bond motifs is 3. The molecule has 2 heterocycles. The summed E-state index contributed by atoms with van der Waals surface area (Å²) in [6.07, 6.45) is 1.93. The van der Waals surface area contributed by atoms with Gasteiger partial charge in [0, 0.05) is 31.9 Å². The van der Waals surface area contributed by atoms with Crippen LogP contribution in [0.1, 0.15) is 11.1 Å². The summed E-state index contributed by atoms with van der Waals surface area (Å²) >= 11 is 1.85. The van der Waals surface area contributed by atoms with E-state index in [1.165, 1.54) is 48.0 Å². The monoisotopic (exact) mass is 365 g/mol. The maximum Gasteiger partial charge on any atom is 0.0722 e. The fraction of sp³-hybridized carbons (Fsp3) is 0.0800. The van der Waals surface area contributed by atoms with Crippen LogP contribution < -0.4 is 0 Å². The van der Waals surface area contributed by atoms with Gasteiger partial charge in [0.2, 0.25) is 0 Å². The third-order valence-corrected chi connectivity index (χ3v) is 6.22. The lowest BCUT2D eigenvalue weighted by molar-refractivity contribution is 1.32. The zero-order chi connectivity index (χ0) is 18.4. The quantitative estimate of drug-likeness (QED) is 0.317. The van der Waals surface area contributed by atoms with Crippen LogP contribution in [0.4, 0.5) is 0 Å². The van der Waals surface area contributed by atoms with Crippen molar-refractivity contribution < 1.29 is 0 Å². The van der Waals surface area contributed by atoms with E-state index in [4.69, 9.17) is 4.98 Å². The Kier molecular flexibility index (Phi) is 3.80. The fourth-order valence-electron chi connectivity index (χ4n) is 3.85. The van der Waals surface area contributed by atoms with Gasteiger partial charge in [-0.2, -0.15) is 0 Å². The van der Waals surface area contributed by atoms with E-state index >= 15 is 0 Å². The third-order valence-electron chi connectivity index (χ3n) is 5.00. The van der Waals surface area contributed by atoms with Gasteiger partial charge in [-0.3, -0.25) is 4.98 Å². The van der Waals surface area contributed by atoms with Gasteiger partial charge in [-0.1, -0.05) is 65.7 Å². The topological polar surface area (TPSA) is 12.9 Å². The Morgan fingerprint density at radius 3 is 2.33 bits per heavy atom. The van der Waals surface area contributed by atoms with Gasteiger partial charge in [-0.25, -0.2) is 0 Å². The predicted octanol–water partition coefficient (Wildman–Crippen LogP) is 7.40. The third kappa shape index (κ3) is 2.83. The van der Waals surface area contributed by atoms with Crippen molar-refractivity contribution in [1.82, 2.24) is 4.98 Å². The lowest BCUT2D eigenvalue weighted by Gasteiger charge is -2.08. The summed E-state index contributed by atoms with van der Waals surface area (Å²) in [6, 6.07) is 26.2. The summed E-state index contributed by atoms with van der Waals surface area (Å²) < 4.78 is 2.63. The number of hydrogen-bond acceptors (Lipinski definition) is 2. The minimum atomic E-state index is 1.03. The van der Waals surface area contributed by atoms with Crippen molar-refractivity contribution in [2.75, 3.05) is 0 Å². The Bertz CT molecular complexity index is 1280. The molecule has 0 aliphatic rings. The predicted molar refractivity (Wildman–Crippen MR) is 117 cm³/mol. The molecule has 27 heavy (non-hydrogen) atoms. The molecule has 0 aliphatic carbocycles. The number of rotatable bonds is 2. The van der Waals surface area contributed by atoms with Crippen molar-refractivity contribution in [3.63, 3.8) is 0 Å². The van der Waals surface area contributed by atoms with Gasteiger partial charge >= 0.3 is 0 Å². The second-order valence-electron chi connectivity index (χ2n) is 7.09. The normalized spacial score (nSPS) is 11.3. The highest BCUT2D eigenvalue weighted by atomic mass is 32.1. The van der Waals surface area contributed by atoms with E-state index in [-0.39, 0.29) is 0 Å². The van der Waals surface area contributed by atoms with Crippen LogP contribution >= 0.6 is 11.3 Å². The maximum absolute atomic E-state index is 4.71. The zero-order valence-corrected chi connectivity index (χ0v) is 16.2. The van der Waals surface area contributed by atoms with E-state index in [0.29, 0.717) is 0 Å². The lowest BCUT2D eigenvalue weighted by Crippen LogP contribution is -1.87. The first-order valence-electron chi connectivity index (χ1n) is 9.14. The van der Waals surface area contributed by atoms with Crippen molar-refractivity contribution in [1.29, 1.82) is 0 Å². The fourth-order valence-corrected chi connectivity index (χ4v) is 5.07. The van der Waals surface area contributed by atoms with E-state index in [9.17, 15) is 0 Å². The molecule has 5 aromatic rings. The first kappa shape index (κ1) is 16.2. The Labute approximate surface area is 162 Å². The van der Waals surface area contributed by atoms with Crippen LogP contribution in [-0.2, 0) is 0 Å². The van der Waals surface area contributed by atoms with E-state index < -0.39 is 0 Å².